The molecule has 2 amide bonds. The van der Waals surface area contributed by atoms with Crippen molar-refractivity contribution < 1.29 is 14.7 Å². The summed E-state index contributed by atoms with van der Waals surface area (Å²) in [4.78, 5) is 26.5. The van der Waals surface area contributed by atoms with Crippen molar-refractivity contribution in [2.75, 3.05) is 18.6 Å². The summed E-state index contributed by atoms with van der Waals surface area (Å²) in [6, 6.07) is -1.31. The summed E-state index contributed by atoms with van der Waals surface area (Å²) >= 11 is 1.54. The van der Waals surface area contributed by atoms with Gasteiger partial charge in [-0.25, -0.2) is 14.6 Å². The average molecular weight is 301 g/mol. The van der Waals surface area contributed by atoms with E-state index in [1.54, 1.807) is 11.8 Å². The van der Waals surface area contributed by atoms with Gasteiger partial charge in [-0.1, -0.05) is 0 Å². The number of urea groups is 1. The topological polar surface area (TPSA) is 120 Å². The first-order chi connectivity index (χ1) is 9.63. The van der Waals surface area contributed by atoms with Crippen molar-refractivity contribution in [3.63, 3.8) is 0 Å². The van der Waals surface area contributed by atoms with E-state index in [2.05, 4.69) is 25.8 Å². The Labute approximate surface area is 121 Å². The summed E-state index contributed by atoms with van der Waals surface area (Å²) in [6.45, 7) is 0.446. The van der Waals surface area contributed by atoms with Crippen molar-refractivity contribution in [3.05, 3.63) is 12.2 Å². The van der Waals surface area contributed by atoms with Crippen LogP contribution in [0.25, 0.3) is 0 Å². The average Bonchev–Trinajstić information content (AvgIpc) is 2.92. The van der Waals surface area contributed by atoms with Crippen LogP contribution in [-0.4, -0.2) is 56.9 Å². The van der Waals surface area contributed by atoms with Crippen molar-refractivity contribution >= 4 is 23.8 Å². The van der Waals surface area contributed by atoms with Crippen LogP contribution in [0, 0.1) is 0 Å². The number of H-pyrrole nitrogens is 1. The molecule has 1 atom stereocenters. The maximum Gasteiger partial charge on any atom is 0.326 e. The minimum Gasteiger partial charge on any atom is -0.480 e. The molecule has 0 aliphatic rings. The van der Waals surface area contributed by atoms with Gasteiger partial charge < -0.3 is 15.7 Å². The van der Waals surface area contributed by atoms with Crippen LogP contribution in [0.4, 0.5) is 4.79 Å². The molecular formula is C11H19N5O3S. The van der Waals surface area contributed by atoms with Gasteiger partial charge >= 0.3 is 12.0 Å². The van der Waals surface area contributed by atoms with E-state index in [9.17, 15) is 9.59 Å². The minimum absolute atomic E-state index is 0.405. The molecule has 0 radical (unpaired) electrons. The molecule has 0 saturated heterocycles. The van der Waals surface area contributed by atoms with Crippen LogP contribution in [0.2, 0.25) is 0 Å². The number of hydrogen-bond donors (Lipinski definition) is 4. The zero-order chi connectivity index (χ0) is 14.8. The lowest BCUT2D eigenvalue weighted by molar-refractivity contribution is -0.139. The standard InChI is InChI=1S/C11H19N5O3S/c1-20-6-4-8(10(17)18)15-11(19)12-5-2-3-9-13-7-14-16-9/h7-8H,2-6H2,1H3,(H,17,18)(H2,12,15,19)(H,13,14,16)/t8-/m1/s1. The molecule has 0 aliphatic carbocycles. The van der Waals surface area contributed by atoms with Crippen molar-refractivity contribution in [1.82, 2.24) is 25.8 Å². The number of aromatic nitrogens is 3. The molecule has 9 heteroatoms. The molecule has 20 heavy (non-hydrogen) atoms. The van der Waals surface area contributed by atoms with E-state index in [4.69, 9.17) is 5.11 Å². The van der Waals surface area contributed by atoms with Gasteiger partial charge in [0.1, 0.15) is 18.2 Å². The smallest absolute Gasteiger partial charge is 0.326 e. The lowest BCUT2D eigenvalue weighted by Gasteiger charge is -2.14. The lowest BCUT2D eigenvalue weighted by Crippen LogP contribution is -2.46. The van der Waals surface area contributed by atoms with Gasteiger partial charge in [0.15, 0.2) is 0 Å². The fourth-order valence-electron chi connectivity index (χ4n) is 1.51. The third-order valence-electron chi connectivity index (χ3n) is 2.55. The molecule has 0 unspecified atom stereocenters. The quantitative estimate of drug-likeness (QED) is 0.485. The largest absolute Gasteiger partial charge is 0.480 e. The molecule has 4 N–H and O–H groups in total. The van der Waals surface area contributed by atoms with Gasteiger partial charge in [-0.15, -0.1) is 0 Å². The van der Waals surface area contributed by atoms with Gasteiger partial charge in [-0.05, 0) is 24.9 Å². The van der Waals surface area contributed by atoms with Gasteiger partial charge in [0.2, 0.25) is 0 Å². The molecule has 0 aromatic carbocycles. The molecule has 0 spiro atoms. The number of carboxylic acid groups (broad SMARTS) is 1. The van der Waals surface area contributed by atoms with E-state index < -0.39 is 18.0 Å². The molecule has 1 heterocycles. The summed E-state index contributed by atoms with van der Waals surface area (Å²) in [5.74, 6) is 0.425. The SMILES string of the molecule is CSCC[C@@H](NC(=O)NCCCc1ncn[nH]1)C(=O)O. The normalized spacial score (nSPS) is 11.8. The molecule has 1 aromatic heterocycles. The Morgan fingerprint density at radius 1 is 1.55 bits per heavy atom. The monoisotopic (exact) mass is 301 g/mol. The van der Waals surface area contributed by atoms with Gasteiger partial charge in [0.25, 0.3) is 0 Å². The predicted octanol–water partition coefficient (Wildman–Crippen LogP) is 0.243. The molecule has 0 bridgehead atoms. The summed E-state index contributed by atoms with van der Waals surface area (Å²) in [5.41, 5.74) is 0. The summed E-state index contributed by atoms with van der Waals surface area (Å²) in [5, 5.41) is 20.5. The highest BCUT2D eigenvalue weighted by molar-refractivity contribution is 7.98. The highest BCUT2D eigenvalue weighted by atomic mass is 32.2. The number of hydrogen-bond acceptors (Lipinski definition) is 5. The highest BCUT2D eigenvalue weighted by Gasteiger charge is 2.18. The second-order valence-corrected chi connectivity index (χ2v) is 5.09. The van der Waals surface area contributed by atoms with E-state index in [0.717, 1.165) is 5.82 Å². The number of nitrogens with zero attached hydrogens (tertiary/aromatic N) is 2. The van der Waals surface area contributed by atoms with E-state index >= 15 is 0 Å². The zero-order valence-corrected chi connectivity index (χ0v) is 12.1. The third-order valence-corrected chi connectivity index (χ3v) is 3.20. The van der Waals surface area contributed by atoms with Crippen LogP contribution in [0.1, 0.15) is 18.7 Å². The third kappa shape index (κ3) is 6.41. The molecule has 1 rings (SSSR count). The van der Waals surface area contributed by atoms with E-state index in [0.29, 0.717) is 31.6 Å². The maximum absolute atomic E-state index is 11.6. The Hall–Kier alpha value is -1.77. The zero-order valence-electron chi connectivity index (χ0n) is 11.3. The Kier molecular flexibility index (Phi) is 7.48. The van der Waals surface area contributed by atoms with E-state index in [1.807, 2.05) is 6.26 Å². The highest BCUT2D eigenvalue weighted by Crippen LogP contribution is 2.01. The number of thioether (sulfide) groups is 1. The second-order valence-electron chi connectivity index (χ2n) is 4.11. The van der Waals surface area contributed by atoms with Gasteiger partial charge in [0, 0.05) is 13.0 Å². The van der Waals surface area contributed by atoms with Gasteiger partial charge in [-0.3, -0.25) is 5.10 Å². The number of rotatable bonds is 9. The molecular weight excluding hydrogens is 282 g/mol. The fraction of sp³-hybridized carbons (Fsp3) is 0.636. The van der Waals surface area contributed by atoms with E-state index in [1.165, 1.54) is 6.33 Å². The number of aliphatic carboxylic acids is 1. The number of carbonyl (C=O) groups excluding carboxylic acids is 1. The summed E-state index contributed by atoms with van der Waals surface area (Å²) in [7, 11) is 0. The van der Waals surface area contributed by atoms with Crippen molar-refractivity contribution in [2.24, 2.45) is 0 Å². The first kappa shape index (κ1) is 16.3. The molecule has 0 aliphatic heterocycles. The molecule has 112 valence electrons. The number of amides is 2. The second kappa shape index (κ2) is 9.18. The van der Waals surface area contributed by atoms with Gasteiger partial charge in [0.05, 0.1) is 0 Å². The number of nitrogens with one attached hydrogen (secondary N) is 3. The molecule has 0 fully saturated rings. The first-order valence-electron chi connectivity index (χ1n) is 6.24. The Balaban J connectivity index is 2.18. The van der Waals surface area contributed by atoms with E-state index in [-0.39, 0.29) is 0 Å². The van der Waals surface area contributed by atoms with Crippen LogP contribution < -0.4 is 10.6 Å². The van der Waals surface area contributed by atoms with Crippen molar-refractivity contribution in [1.29, 1.82) is 0 Å². The predicted molar refractivity (Wildman–Crippen MR) is 75.7 cm³/mol. The molecule has 8 nitrogen and oxygen atoms in total. The summed E-state index contributed by atoms with van der Waals surface area (Å²) in [6.07, 6.45) is 5.10. The van der Waals surface area contributed by atoms with Gasteiger partial charge in [-0.2, -0.15) is 16.9 Å². The molecule has 0 saturated carbocycles. The Morgan fingerprint density at radius 2 is 2.35 bits per heavy atom. The number of aromatic amines is 1. The van der Waals surface area contributed by atoms with Crippen LogP contribution in [0.15, 0.2) is 6.33 Å². The molecule has 1 aromatic rings. The van der Waals surface area contributed by atoms with Crippen LogP contribution in [0.5, 0.6) is 0 Å². The Bertz CT molecular complexity index is 412. The number of carbonyl (C=O) groups is 2. The minimum atomic E-state index is -1.02. The number of carboxylic acids is 1. The Morgan fingerprint density at radius 3 is 2.95 bits per heavy atom. The fourth-order valence-corrected chi connectivity index (χ4v) is 1.98. The first-order valence-corrected chi connectivity index (χ1v) is 7.63. The summed E-state index contributed by atoms with van der Waals surface area (Å²) < 4.78 is 0. The van der Waals surface area contributed by atoms with Crippen LogP contribution in [-0.2, 0) is 11.2 Å². The maximum atomic E-state index is 11.6. The van der Waals surface area contributed by atoms with Crippen LogP contribution >= 0.6 is 11.8 Å². The van der Waals surface area contributed by atoms with Crippen molar-refractivity contribution in [3.8, 4) is 0 Å². The lowest BCUT2D eigenvalue weighted by atomic mass is 10.2. The van der Waals surface area contributed by atoms with Crippen molar-refractivity contribution in [2.45, 2.75) is 25.3 Å². The number of aryl methyl sites for hydroxylation is 1. The van der Waals surface area contributed by atoms with Crippen LogP contribution in [0.3, 0.4) is 0 Å².